The summed E-state index contributed by atoms with van der Waals surface area (Å²) in [5.74, 6) is 0.127. The lowest BCUT2D eigenvalue weighted by atomic mass is 10.2. The molecule has 1 amide bonds. The Hall–Kier alpha value is -2.95. The summed E-state index contributed by atoms with van der Waals surface area (Å²) in [4.78, 5) is 11.3. The maximum atomic E-state index is 11.3. The summed E-state index contributed by atoms with van der Waals surface area (Å²) in [5, 5.41) is 21.9. The van der Waals surface area contributed by atoms with Crippen molar-refractivity contribution in [2.75, 3.05) is 12.4 Å². The number of anilines is 1. The molecule has 0 aliphatic rings. The number of nitrogens with zero attached hydrogens (tertiary/aromatic N) is 5. The highest BCUT2D eigenvalue weighted by atomic mass is 16.5. The van der Waals surface area contributed by atoms with Crippen molar-refractivity contribution in [1.82, 2.24) is 20.2 Å². The summed E-state index contributed by atoms with van der Waals surface area (Å²) in [7, 11) is 1.50. The monoisotopic (exact) mass is 258 g/mol. The summed E-state index contributed by atoms with van der Waals surface area (Å²) in [6.45, 7) is 0. The Morgan fingerprint density at radius 2 is 2.42 bits per heavy atom. The summed E-state index contributed by atoms with van der Waals surface area (Å²) >= 11 is 0. The van der Waals surface area contributed by atoms with Crippen molar-refractivity contribution in [3.63, 3.8) is 0 Å². The van der Waals surface area contributed by atoms with Gasteiger partial charge in [-0.1, -0.05) is 0 Å². The number of carbonyl (C=O) groups excluding carboxylic acids is 1. The highest BCUT2D eigenvalue weighted by Gasteiger charge is 2.09. The third-order valence-electron chi connectivity index (χ3n) is 2.30. The molecule has 2 rings (SSSR count). The van der Waals surface area contributed by atoms with Crippen LogP contribution in [-0.2, 0) is 4.79 Å². The third kappa shape index (κ3) is 2.84. The molecule has 1 heterocycles. The number of ether oxygens (including phenoxy) is 1. The highest BCUT2D eigenvalue weighted by Crippen LogP contribution is 2.25. The second-order valence-electron chi connectivity index (χ2n) is 3.52. The Labute approximate surface area is 108 Å². The summed E-state index contributed by atoms with van der Waals surface area (Å²) in [6.07, 6.45) is 1.24. The van der Waals surface area contributed by atoms with Crippen LogP contribution in [0.2, 0.25) is 0 Å². The first-order valence-electron chi connectivity index (χ1n) is 5.33. The molecule has 8 heteroatoms. The number of aromatic nitrogens is 4. The van der Waals surface area contributed by atoms with Crippen molar-refractivity contribution < 1.29 is 9.53 Å². The van der Waals surface area contributed by atoms with Crippen LogP contribution in [0.25, 0.3) is 5.69 Å². The van der Waals surface area contributed by atoms with E-state index in [2.05, 4.69) is 20.8 Å². The van der Waals surface area contributed by atoms with Crippen LogP contribution in [0.3, 0.4) is 0 Å². The molecule has 0 fully saturated rings. The Balaban J connectivity index is 2.27. The van der Waals surface area contributed by atoms with Crippen LogP contribution in [0.15, 0.2) is 24.5 Å². The van der Waals surface area contributed by atoms with E-state index < -0.39 is 0 Å². The smallest absolute Gasteiger partial charge is 0.238 e. The van der Waals surface area contributed by atoms with Crippen molar-refractivity contribution in [1.29, 1.82) is 5.26 Å². The second-order valence-corrected chi connectivity index (χ2v) is 3.52. The molecule has 0 saturated heterocycles. The van der Waals surface area contributed by atoms with Crippen molar-refractivity contribution in [3.8, 4) is 17.5 Å². The predicted octanol–water partition coefficient (Wildman–Crippen LogP) is 0.523. The fourth-order valence-corrected chi connectivity index (χ4v) is 1.49. The average Bonchev–Trinajstić information content (AvgIpc) is 2.92. The van der Waals surface area contributed by atoms with Gasteiger partial charge in [0.15, 0.2) is 0 Å². The maximum absolute atomic E-state index is 11.3. The Morgan fingerprint density at radius 1 is 1.58 bits per heavy atom. The molecule has 8 nitrogen and oxygen atoms in total. The molecule has 0 bridgehead atoms. The number of benzene rings is 1. The van der Waals surface area contributed by atoms with E-state index in [1.165, 1.54) is 18.1 Å². The van der Waals surface area contributed by atoms with Gasteiger partial charge in [-0.15, -0.1) is 5.10 Å². The molecule has 1 aromatic carbocycles. The number of hydrogen-bond acceptors (Lipinski definition) is 6. The van der Waals surface area contributed by atoms with Crippen molar-refractivity contribution >= 4 is 11.6 Å². The van der Waals surface area contributed by atoms with E-state index in [4.69, 9.17) is 10.00 Å². The lowest BCUT2D eigenvalue weighted by Crippen LogP contribution is -2.10. The second kappa shape index (κ2) is 5.59. The minimum atomic E-state index is -0.375. The molecule has 0 radical (unpaired) electrons. The number of methoxy groups -OCH3 is 1. The standard InChI is InChI=1S/C11H10N6O2/c1-19-10-6-8(14-11(18)4-5-12)2-3-9(10)17-7-13-15-16-17/h2-3,6-7H,4H2,1H3,(H,14,18). The molecule has 1 N–H and O–H groups in total. The number of nitrogens with one attached hydrogen (secondary N) is 1. The number of amides is 1. The number of rotatable bonds is 4. The van der Waals surface area contributed by atoms with Crippen LogP contribution in [-0.4, -0.2) is 33.2 Å². The lowest BCUT2D eigenvalue weighted by Gasteiger charge is -2.10. The zero-order valence-electron chi connectivity index (χ0n) is 10.1. The highest BCUT2D eigenvalue weighted by molar-refractivity contribution is 5.92. The number of nitriles is 1. The lowest BCUT2D eigenvalue weighted by molar-refractivity contribution is -0.115. The van der Waals surface area contributed by atoms with Crippen molar-refractivity contribution in [2.24, 2.45) is 0 Å². The van der Waals surface area contributed by atoms with E-state index in [1.807, 2.05) is 0 Å². The average molecular weight is 258 g/mol. The van der Waals surface area contributed by atoms with Crippen LogP contribution in [0.4, 0.5) is 5.69 Å². The van der Waals surface area contributed by atoms with Crippen molar-refractivity contribution in [2.45, 2.75) is 6.42 Å². The number of hydrogen-bond donors (Lipinski definition) is 1. The van der Waals surface area contributed by atoms with Gasteiger partial charge in [0.25, 0.3) is 0 Å². The van der Waals surface area contributed by atoms with Crippen LogP contribution in [0, 0.1) is 11.3 Å². The molecule has 2 aromatic rings. The summed E-state index contributed by atoms with van der Waals surface area (Å²) in [6, 6.07) is 6.79. The zero-order chi connectivity index (χ0) is 13.7. The third-order valence-corrected chi connectivity index (χ3v) is 2.30. The minimum absolute atomic E-state index is 0.197. The fourth-order valence-electron chi connectivity index (χ4n) is 1.49. The molecule has 0 aliphatic carbocycles. The van der Waals surface area contributed by atoms with Gasteiger partial charge in [0.2, 0.25) is 5.91 Å². The van der Waals surface area contributed by atoms with E-state index in [0.29, 0.717) is 17.1 Å². The van der Waals surface area contributed by atoms with Gasteiger partial charge in [-0.25, -0.2) is 0 Å². The van der Waals surface area contributed by atoms with Gasteiger partial charge >= 0.3 is 0 Å². The summed E-state index contributed by atoms with van der Waals surface area (Å²) < 4.78 is 6.66. The van der Waals surface area contributed by atoms with Gasteiger partial charge in [-0.3, -0.25) is 4.79 Å². The van der Waals surface area contributed by atoms with Gasteiger partial charge < -0.3 is 10.1 Å². The molecule has 1 aromatic heterocycles. The SMILES string of the molecule is COc1cc(NC(=O)CC#N)ccc1-n1cnnn1. The first-order chi connectivity index (χ1) is 9.24. The molecular weight excluding hydrogens is 248 g/mol. The fraction of sp³-hybridized carbons (Fsp3) is 0.182. The van der Waals surface area contributed by atoms with Crippen molar-refractivity contribution in [3.05, 3.63) is 24.5 Å². The van der Waals surface area contributed by atoms with Crippen LogP contribution < -0.4 is 10.1 Å². The molecule has 0 atom stereocenters. The van der Waals surface area contributed by atoms with Crippen LogP contribution in [0.1, 0.15) is 6.42 Å². The molecule has 0 aliphatic heterocycles. The predicted molar refractivity (Wildman–Crippen MR) is 64.6 cm³/mol. The van der Waals surface area contributed by atoms with E-state index in [9.17, 15) is 4.79 Å². The first-order valence-corrected chi connectivity index (χ1v) is 5.33. The minimum Gasteiger partial charge on any atom is -0.494 e. The van der Waals surface area contributed by atoms with E-state index in [0.717, 1.165) is 0 Å². The van der Waals surface area contributed by atoms with E-state index in [1.54, 1.807) is 24.3 Å². The summed E-state index contributed by atoms with van der Waals surface area (Å²) in [5.41, 5.74) is 1.18. The van der Waals surface area contributed by atoms with Gasteiger partial charge in [-0.05, 0) is 22.6 Å². The number of tetrazole rings is 1. The van der Waals surface area contributed by atoms with E-state index in [-0.39, 0.29) is 12.3 Å². The van der Waals surface area contributed by atoms with Gasteiger partial charge in [0.1, 0.15) is 24.2 Å². The Kier molecular flexibility index (Phi) is 3.68. The topological polar surface area (TPSA) is 106 Å². The molecule has 0 spiro atoms. The quantitative estimate of drug-likeness (QED) is 0.857. The molecule has 0 unspecified atom stereocenters. The van der Waals surface area contributed by atoms with Gasteiger partial charge in [0.05, 0.1) is 13.2 Å². The molecular formula is C11H10N6O2. The van der Waals surface area contributed by atoms with E-state index >= 15 is 0 Å². The Morgan fingerprint density at radius 3 is 3.05 bits per heavy atom. The van der Waals surface area contributed by atoms with Crippen LogP contribution in [0.5, 0.6) is 5.75 Å². The number of carbonyl (C=O) groups is 1. The van der Waals surface area contributed by atoms with Crippen LogP contribution >= 0.6 is 0 Å². The Bertz CT molecular complexity index is 617. The first kappa shape index (κ1) is 12.5. The zero-order valence-corrected chi connectivity index (χ0v) is 10.1. The largest absolute Gasteiger partial charge is 0.494 e. The maximum Gasteiger partial charge on any atom is 0.238 e. The van der Waals surface area contributed by atoms with Gasteiger partial charge in [-0.2, -0.15) is 9.94 Å². The van der Waals surface area contributed by atoms with Gasteiger partial charge in [0, 0.05) is 11.8 Å². The molecule has 0 saturated carbocycles. The molecule has 96 valence electrons. The normalized spacial score (nSPS) is 9.68. The molecule has 19 heavy (non-hydrogen) atoms.